The van der Waals surface area contributed by atoms with Crippen molar-refractivity contribution in [2.24, 2.45) is 5.73 Å². The normalized spacial score (nSPS) is 23.9. The van der Waals surface area contributed by atoms with Gasteiger partial charge in [-0.1, -0.05) is 25.5 Å². The molecule has 0 aromatic heterocycles. The third kappa shape index (κ3) is 2.81. The Morgan fingerprint density at radius 2 is 1.94 bits per heavy atom. The molecule has 1 aromatic rings. The molecule has 0 heterocycles. The van der Waals surface area contributed by atoms with Crippen LogP contribution in [0.25, 0.3) is 0 Å². The lowest BCUT2D eigenvalue weighted by atomic mass is 10.1. The van der Waals surface area contributed by atoms with Gasteiger partial charge in [-0.05, 0) is 43.4 Å². The van der Waals surface area contributed by atoms with Crippen LogP contribution >= 0.6 is 0 Å². The molecular formula is C15H24N2. The minimum atomic E-state index is 0.343. The van der Waals surface area contributed by atoms with Crippen LogP contribution in [-0.2, 0) is 6.42 Å². The van der Waals surface area contributed by atoms with E-state index >= 15 is 0 Å². The average molecular weight is 232 g/mol. The first-order valence-electron chi connectivity index (χ1n) is 6.79. The van der Waals surface area contributed by atoms with Crippen LogP contribution in [0.1, 0.15) is 38.2 Å². The highest BCUT2D eigenvalue weighted by molar-refractivity contribution is 5.48. The van der Waals surface area contributed by atoms with E-state index in [2.05, 4.69) is 43.1 Å². The Labute approximate surface area is 105 Å². The molecule has 2 nitrogen and oxygen atoms in total. The number of hydrogen-bond acceptors (Lipinski definition) is 2. The molecule has 0 radical (unpaired) electrons. The fourth-order valence-corrected chi connectivity index (χ4v) is 2.83. The highest BCUT2D eigenvalue weighted by atomic mass is 15.2. The maximum Gasteiger partial charge on any atom is 0.0437 e. The topological polar surface area (TPSA) is 29.3 Å². The van der Waals surface area contributed by atoms with Gasteiger partial charge in [0.2, 0.25) is 0 Å². The molecular weight excluding hydrogens is 208 g/mol. The second kappa shape index (κ2) is 5.54. The monoisotopic (exact) mass is 232 g/mol. The van der Waals surface area contributed by atoms with Crippen molar-refractivity contribution in [1.29, 1.82) is 0 Å². The first-order valence-corrected chi connectivity index (χ1v) is 6.79. The van der Waals surface area contributed by atoms with E-state index in [-0.39, 0.29) is 0 Å². The first kappa shape index (κ1) is 12.4. The van der Waals surface area contributed by atoms with Gasteiger partial charge in [0.1, 0.15) is 0 Å². The van der Waals surface area contributed by atoms with Gasteiger partial charge in [0.15, 0.2) is 0 Å². The number of anilines is 1. The zero-order valence-electron chi connectivity index (χ0n) is 11.0. The number of nitrogens with zero attached hydrogens (tertiary/aromatic N) is 1. The molecule has 94 valence electrons. The van der Waals surface area contributed by atoms with Crippen LogP contribution in [-0.4, -0.2) is 19.1 Å². The molecule has 0 spiro atoms. The van der Waals surface area contributed by atoms with Crippen LogP contribution in [0, 0.1) is 0 Å². The van der Waals surface area contributed by atoms with E-state index in [1.54, 1.807) is 0 Å². The lowest BCUT2D eigenvalue weighted by Crippen LogP contribution is -2.42. The molecule has 2 atom stereocenters. The summed E-state index contributed by atoms with van der Waals surface area (Å²) in [5.74, 6) is 0. The van der Waals surface area contributed by atoms with Crippen molar-refractivity contribution < 1.29 is 0 Å². The van der Waals surface area contributed by atoms with Crippen LogP contribution in [0.3, 0.4) is 0 Å². The molecule has 1 aromatic carbocycles. The molecule has 2 rings (SSSR count). The van der Waals surface area contributed by atoms with Gasteiger partial charge < -0.3 is 10.6 Å². The third-order valence-electron chi connectivity index (χ3n) is 3.91. The van der Waals surface area contributed by atoms with E-state index < -0.39 is 0 Å². The third-order valence-corrected chi connectivity index (χ3v) is 3.91. The van der Waals surface area contributed by atoms with Gasteiger partial charge in [0.25, 0.3) is 0 Å². The van der Waals surface area contributed by atoms with E-state index in [1.165, 1.54) is 43.4 Å². The summed E-state index contributed by atoms with van der Waals surface area (Å²) in [7, 11) is 2.17. The summed E-state index contributed by atoms with van der Waals surface area (Å²) in [5.41, 5.74) is 8.88. The number of benzene rings is 1. The molecule has 2 N–H and O–H groups in total. The van der Waals surface area contributed by atoms with E-state index in [4.69, 9.17) is 5.73 Å². The predicted octanol–water partition coefficient (Wildman–Crippen LogP) is 2.96. The predicted molar refractivity (Wildman–Crippen MR) is 74.5 cm³/mol. The van der Waals surface area contributed by atoms with Gasteiger partial charge in [-0.2, -0.15) is 0 Å². The van der Waals surface area contributed by atoms with Gasteiger partial charge in [-0.25, -0.2) is 0 Å². The highest BCUT2D eigenvalue weighted by Gasteiger charge is 2.27. The summed E-state index contributed by atoms with van der Waals surface area (Å²) < 4.78 is 0. The SMILES string of the molecule is CCCc1ccc(N(C)C2CCCC2N)cc1. The lowest BCUT2D eigenvalue weighted by Gasteiger charge is -2.30. The van der Waals surface area contributed by atoms with E-state index in [1.807, 2.05) is 0 Å². The molecule has 17 heavy (non-hydrogen) atoms. The standard InChI is InChI=1S/C15H24N2/c1-3-5-12-8-10-13(11-9-12)17(2)15-7-4-6-14(15)16/h8-11,14-15H,3-7,16H2,1-2H3. The molecule has 0 bridgehead atoms. The molecule has 0 aliphatic heterocycles. The Hall–Kier alpha value is -1.02. The highest BCUT2D eigenvalue weighted by Crippen LogP contribution is 2.26. The molecule has 2 heteroatoms. The number of hydrogen-bond donors (Lipinski definition) is 1. The number of likely N-dealkylation sites (N-methyl/N-ethyl adjacent to an activating group) is 1. The van der Waals surface area contributed by atoms with E-state index in [0.29, 0.717) is 12.1 Å². The fourth-order valence-electron chi connectivity index (χ4n) is 2.83. The zero-order valence-corrected chi connectivity index (χ0v) is 11.0. The largest absolute Gasteiger partial charge is 0.370 e. The second-order valence-corrected chi connectivity index (χ2v) is 5.19. The van der Waals surface area contributed by atoms with Crippen molar-refractivity contribution in [3.05, 3.63) is 29.8 Å². The van der Waals surface area contributed by atoms with Crippen LogP contribution < -0.4 is 10.6 Å². The average Bonchev–Trinajstić information content (AvgIpc) is 2.76. The van der Waals surface area contributed by atoms with Crippen LogP contribution in [0.4, 0.5) is 5.69 Å². The van der Waals surface area contributed by atoms with Crippen molar-refractivity contribution >= 4 is 5.69 Å². The van der Waals surface area contributed by atoms with Crippen molar-refractivity contribution in [2.75, 3.05) is 11.9 Å². The van der Waals surface area contributed by atoms with Crippen molar-refractivity contribution in [1.82, 2.24) is 0 Å². The van der Waals surface area contributed by atoms with Gasteiger partial charge in [-0.15, -0.1) is 0 Å². The van der Waals surface area contributed by atoms with E-state index in [0.717, 1.165) is 0 Å². The first-order chi connectivity index (χ1) is 8.22. The number of aryl methyl sites for hydroxylation is 1. The van der Waals surface area contributed by atoms with Crippen molar-refractivity contribution in [2.45, 2.75) is 51.1 Å². The Morgan fingerprint density at radius 3 is 2.47 bits per heavy atom. The minimum Gasteiger partial charge on any atom is -0.370 e. The summed E-state index contributed by atoms with van der Waals surface area (Å²) in [5, 5.41) is 0. The van der Waals surface area contributed by atoms with Crippen LogP contribution in [0.5, 0.6) is 0 Å². The molecule has 0 amide bonds. The van der Waals surface area contributed by atoms with Crippen LogP contribution in [0.2, 0.25) is 0 Å². The quantitative estimate of drug-likeness (QED) is 0.865. The smallest absolute Gasteiger partial charge is 0.0437 e. The molecule has 0 saturated heterocycles. The minimum absolute atomic E-state index is 0.343. The molecule has 1 saturated carbocycles. The van der Waals surface area contributed by atoms with Gasteiger partial charge in [0, 0.05) is 24.8 Å². The summed E-state index contributed by atoms with van der Waals surface area (Å²) in [6, 6.07) is 9.82. The van der Waals surface area contributed by atoms with Crippen molar-refractivity contribution in [3.63, 3.8) is 0 Å². The van der Waals surface area contributed by atoms with Crippen LogP contribution in [0.15, 0.2) is 24.3 Å². The summed E-state index contributed by atoms with van der Waals surface area (Å²) in [6.45, 7) is 2.22. The molecule has 1 fully saturated rings. The van der Waals surface area contributed by atoms with Gasteiger partial charge in [0.05, 0.1) is 0 Å². The molecule has 1 aliphatic carbocycles. The summed E-state index contributed by atoms with van der Waals surface area (Å²) in [6.07, 6.45) is 6.05. The number of rotatable bonds is 4. The Morgan fingerprint density at radius 1 is 1.24 bits per heavy atom. The van der Waals surface area contributed by atoms with Gasteiger partial charge >= 0.3 is 0 Å². The molecule has 1 aliphatic rings. The zero-order chi connectivity index (χ0) is 12.3. The molecule has 2 unspecified atom stereocenters. The summed E-state index contributed by atoms with van der Waals surface area (Å²) >= 11 is 0. The van der Waals surface area contributed by atoms with Crippen molar-refractivity contribution in [3.8, 4) is 0 Å². The maximum absolute atomic E-state index is 6.15. The maximum atomic E-state index is 6.15. The van der Waals surface area contributed by atoms with E-state index in [9.17, 15) is 0 Å². The van der Waals surface area contributed by atoms with Gasteiger partial charge in [-0.3, -0.25) is 0 Å². The lowest BCUT2D eigenvalue weighted by molar-refractivity contribution is 0.572. The number of nitrogens with two attached hydrogens (primary N) is 1. The second-order valence-electron chi connectivity index (χ2n) is 5.19. The summed E-state index contributed by atoms with van der Waals surface area (Å²) in [4.78, 5) is 2.35. The fraction of sp³-hybridized carbons (Fsp3) is 0.600. The Balaban J connectivity index is 2.05. The Bertz CT molecular complexity index is 344. The Kier molecular flexibility index (Phi) is 4.06.